The highest BCUT2D eigenvalue weighted by Gasteiger charge is 2.25. The quantitative estimate of drug-likeness (QED) is 0.529. The number of aryl methyl sites for hydroxylation is 1. The van der Waals surface area contributed by atoms with Crippen LogP contribution in [0.2, 0.25) is 0 Å². The first-order valence-corrected chi connectivity index (χ1v) is 6.49. The first-order chi connectivity index (χ1) is 8.63. The number of aromatic nitrogens is 3. The van der Waals surface area contributed by atoms with E-state index in [1.807, 2.05) is 4.68 Å². The number of ether oxygens (including phenoxy) is 1. The van der Waals surface area contributed by atoms with Gasteiger partial charge < -0.3 is 4.74 Å². The summed E-state index contributed by atoms with van der Waals surface area (Å²) in [5.41, 5.74) is 2.84. The molecule has 0 aliphatic carbocycles. The van der Waals surface area contributed by atoms with Gasteiger partial charge in [-0.05, 0) is 12.3 Å². The standard InChI is InChI=1S/C12H25N5O/c1-5-6-17-11(14-8-15-17)7-10(16-13)12(18-4)9(2)3/h8-10,12,16H,5-7,13H2,1-4H3. The molecule has 104 valence electrons. The number of nitrogens with zero attached hydrogens (tertiary/aromatic N) is 3. The molecule has 2 unspecified atom stereocenters. The molecule has 0 saturated heterocycles. The second kappa shape index (κ2) is 7.45. The van der Waals surface area contributed by atoms with Gasteiger partial charge in [-0.2, -0.15) is 5.10 Å². The molecule has 6 nitrogen and oxygen atoms in total. The van der Waals surface area contributed by atoms with Crippen LogP contribution in [0.25, 0.3) is 0 Å². The summed E-state index contributed by atoms with van der Waals surface area (Å²) in [4.78, 5) is 4.30. The molecule has 0 saturated carbocycles. The molecule has 3 N–H and O–H groups in total. The Morgan fingerprint density at radius 1 is 1.50 bits per heavy atom. The van der Waals surface area contributed by atoms with Gasteiger partial charge in [0.05, 0.1) is 12.1 Å². The minimum absolute atomic E-state index is 0.0369. The Morgan fingerprint density at radius 2 is 2.22 bits per heavy atom. The molecule has 0 aliphatic rings. The van der Waals surface area contributed by atoms with Crippen LogP contribution in [0.3, 0.4) is 0 Å². The van der Waals surface area contributed by atoms with Crippen molar-refractivity contribution in [2.45, 2.75) is 52.3 Å². The van der Waals surface area contributed by atoms with Crippen molar-refractivity contribution in [3.63, 3.8) is 0 Å². The van der Waals surface area contributed by atoms with Gasteiger partial charge in [-0.15, -0.1) is 0 Å². The van der Waals surface area contributed by atoms with Gasteiger partial charge in [-0.1, -0.05) is 20.8 Å². The van der Waals surface area contributed by atoms with Crippen molar-refractivity contribution in [3.05, 3.63) is 12.2 Å². The van der Waals surface area contributed by atoms with E-state index < -0.39 is 0 Å². The van der Waals surface area contributed by atoms with Gasteiger partial charge in [-0.25, -0.2) is 4.98 Å². The Labute approximate surface area is 109 Å². The molecule has 0 spiro atoms. The maximum absolute atomic E-state index is 5.64. The fraction of sp³-hybridized carbons (Fsp3) is 0.833. The normalized spacial score (nSPS) is 15.0. The molecule has 0 radical (unpaired) electrons. The molecule has 1 aromatic rings. The molecule has 2 atom stereocenters. The summed E-state index contributed by atoms with van der Waals surface area (Å²) in [6, 6.07) is 0.0369. The Morgan fingerprint density at radius 3 is 2.72 bits per heavy atom. The zero-order chi connectivity index (χ0) is 13.5. The summed E-state index contributed by atoms with van der Waals surface area (Å²) in [7, 11) is 1.71. The third-order valence-corrected chi connectivity index (χ3v) is 3.07. The molecule has 0 aliphatic heterocycles. The maximum Gasteiger partial charge on any atom is 0.138 e. The van der Waals surface area contributed by atoms with E-state index in [1.54, 1.807) is 13.4 Å². The van der Waals surface area contributed by atoms with E-state index in [0.717, 1.165) is 18.8 Å². The number of rotatable bonds is 8. The van der Waals surface area contributed by atoms with Crippen LogP contribution in [-0.4, -0.2) is 34.0 Å². The van der Waals surface area contributed by atoms with Crippen molar-refractivity contribution < 1.29 is 4.74 Å². The van der Waals surface area contributed by atoms with Crippen LogP contribution >= 0.6 is 0 Å². The van der Waals surface area contributed by atoms with Crippen LogP contribution in [0.1, 0.15) is 33.0 Å². The summed E-state index contributed by atoms with van der Waals surface area (Å²) in [6.07, 6.45) is 3.40. The van der Waals surface area contributed by atoms with Gasteiger partial charge in [-0.3, -0.25) is 16.0 Å². The lowest BCUT2D eigenvalue weighted by Gasteiger charge is -2.28. The zero-order valence-electron chi connectivity index (χ0n) is 11.8. The monoisotopic (exact) mass is 255 g/mol. The molecule has 18 heavy (non-hydrogen) atoms. The van der Waals surface area contributed by atoms with Crippen LogP contribution in [0.15, 0.2) is 6.33 Å². The van der Waals surface area contributed by atoms with Gasteiger partial charge in [0.15, 0.2) is 0 Å². The number of nitrogens with two attached hydrogens (primary N) is 1. The van der Waals surface area contributed by atoms with E-state index in [2.05, 4.69) is 36.3 Å². The summed E-state index contributed by atoms with van der Waals surface area (Å²) >= 11 is 0. The fourth-order valence-corrected chi connectivity index (χ4v) is 2.21. The molecule has 0 bridgehead atoms. The van der Waals surface area contributed by atoms with E-state index in [9.17, 15) is 0 Å². The lowest BCUT2D eigenvalue weighted by atomic mass is 9.97. The smallest absolute Gasteiger partial charge is 0.138 e. The largest absolute Gasteiger partial charge is 0.379 e. The SMILES string of the molecule is CCCn1ncnc1CC(NN)C(OC)C(C)C. The molecule has 1 aromatic heterocycles. The fourth-order valence-electron chi connectivity index (χ4n) is 2.21. The second-order valence-electron chi connectivity index (χ2n) is 4.82. The Balaban J connectivity index is 2.75. The van der Waals surface area contributed by atoms with Gasteiger partial charge >= 0.3 is 0 Å². The van der Waals surface area contributed by atoms with Crippen molar-refractivity contribution in [1.82, 2.24) is 20.2 Å². The van der Waals surface area contributed by atoms with Crippen molar-refractivity contribution in [1.29, 1.82) is 0 Å². The lowest BCUT2D eigenvalue weighted by Crippen LogP contribution is -2.48. The van der Waals surface area contributed by atoms with E-state index in [-0.39, 0.29) is 12.1 Å². The molecule has 1 heterocycles. The Hall–Kier alpha value is -0.980. The number of hydrazine groups is 1. The predicted molar refractivity (Wildman–Crippen MR) is 70.8 cm³/mol. The predicted octanol–water partition coefficient (Wildman–Crippen LogP) is 0.734. The van der Waals surface area contributed by atoms with Crippen LogP contribution in [0.5, 0.6) is 0 Å². The van der Waals surface area contributed by atoms with Crippen LogP contribution in [0, 0.1) is 5.92 Å². The number of hydrogen-bond acceptors (Lipinski definition) is 5. The maximum atomic E-state index is 5.64. The number of nitrogens with one attached hydrogen (secondary N) is 1. The van der Waals surface area contributed by atoms with E-state index in [1.165, 1.54) is 0 Å². The minimum atomic E-state index is 0.0369. The minimum Gasteiger partial charge on any atom is -0.379 e. The van der Waals surface area contributed by atoms with Gasteiger partial charge in [0.25, 0.3) is 0 Å². The highest BCUT2D eigenvalue weighted by molar-refractivity contribution is 4.93. The molecule has 0 fully saturated rings. The molecule has 1 rings (SSSR count). The third kappa shape index (κ3) is 3.76. The Kier molecular flexibility index (Phi) is 6.24. The third-order valence-electron chi connectivity index (χ3n) is 3.07. The van der Waals surface area contributed by atoms with Crippen LogP contribution in [0.4, 0.5) is 0 Å². The highest BCUT2D eigenvalue weighted by atomic mass is 16.5. The second-order valence-corrected chi connectivity index (χ2v) is 4.82. The average Bonchev–Trinajstić information content (AvgIpc) is 2.76. The molecular formula is C12H25N5O. The van der Waals surface area contributed by atoms with Crippen molar-refractivity contribution >= 4 is 0 Å². The highest BCUT2D eigenvalue weighted by Crippen LogP contribution is 2.13. The molecule has 0 amide bonds. The van der Waals surface area contributed by atoms with Crippen molar-refractivity contribution in [2.24, 2.45) is 11.8 Å². The summed E-state index contributed by atoms with van der Waals surface area (Å²) in [6.45, 7) is 7.24. The number of hydrogen-bond donors (Lipinski definition) is 2. The van der Waals surface area contributed by atoms with Crippen molar-refractivity contribution in [2.75, 3.05) is 7.11 Å². The van der Waals surface area contributed by atoms with E-state index in [4.69, 9.17) is 10.6 Å². The lowest BCUT2D eigenvalue weighted by molar-refractivity contribution is 0.0324. The average molecular weight is 255 g/mol. The van der Waals surface area contributed by atoms with E-state index >= 15 is 0 Å². The van der Waals surface area contributed by atoms with E-state index in [0.29, 0.717) is 12.3 Å². The molecular weight excluding hydrogens is 230 g/mol. The van der Waals surface area contributed by atoms with Gasteiger partial charge in [0.2, 0.25) is 0 Å². The van der Waals surface area contributed by atoms with Crippen LogP contribution < -0.4 is 11.3 Å². The first kappa shape index (κ1) is 15.1. The first-order valence-electron chi connectivity index (χ1n) is 6.49. The Bertz CT molecular complexity index is 339. The molecule has 6 heteroatoms. The van der Waals surface area contributed by atoms with Crippen molar-refractivity contribution in [3.8, 4) is 0 Å². The molecule has 0 aromatic carbocycles. The van der Waals surface area contributed by atoms with Gasteiger partial charge in [0, 0.05) is 20.1 Å². The van der Waals surface area contributed by atoms with Gasteiger partial charge in [0.1, 0.15) is 12.2 Å². The summed E-state index contributed by atoms with van der Waals surface area (Å²) in [5, 5.41) is 4.22. The summed E-state index contributed by atoms with van der Waals surface area (Å²) < 4.78 is 7.44. The topological polar surface area (TPSA) is 78.0 Å². The number of methoxy groups -OCH3 is 1. The summed E-state index contributed by atoms with van der Waals surface area (Å²) in [5.74, 6) is 6.97. The van der Waals surface area contributed by atoms with Crippen LogP contribution in [-0.2, 0) is 17.7 Å². The zero-order valence-corrected chi connectivity index (χ0v) is 11.8.